The minimum Gasteiger partial charge on any atom is -0.387 e. The Balaban J connectivity index is 1.57. The number of aliphatic hydroxyl groups is 1. The summed E-state index contributed by atoms with van der Waals surface area (Å²) in [7, 11) is 0. The van der Waals surface area contributed by atoms with Crippen molar-refractivity contribution in [3.63, 3.8) is 0 Å². The number of carbonyl (C=O) groups excluding carboxylic acids is 1. The number of piperidine rings is 1. The molecule has 3 N–H and O–H groups in total. The number of aromatic nitrogens is 2. The Morgan fingerprint density at radius 1 is 1.18 bits per heavy atom. The van der Waals surface area contributed by atoms with Gasteiger partial charge in [-0.1, -0.05) is 29.3 Å². The predicted octanol–water partition coefficient (Wildman–Crippen LogP) is 3.06. The maximum atomic E-state index is 12.6. The molecule has 146 valence electrons. The Morgan fingerprint density at radius 3 is 2.71 bits per heavy atom. The number of imidazole rings is 1. The average molecular weight is 419 g/mol. The average Bonchev–Trinajstić information content (AvgIpc) is 3.05. The van der Waals surface area contributed by atoms with Crippen LogP contribution in [0.15, 0.2) is 42.7 Å². The lowest BCUT2D eigenvalue weighted by molar-refractivity contribution is -0.704. The first kappa shape index (κ1) is 19.4. The van der Waals surface area contributed by atoms with E-state index in [1.807, 2.05) is 34.9 Å². The molecule has 5 nitrogen and oxygen atoms in total. The molecule has 0 radical (unpaired) electrons. The zero-order valence-electron chi connectivity index (χ0n) is 15.3. The molecule has 0 amide bonds. The quantitative estimate of drug-likeness (QED) is 0.668. The molecule has 2 atom stereocenters. The van der Waals surface area contributed by atoms with Crippen LogP contribution in [0.4, 0.5) is 0 Å². The van der Waals surface area contributed by atoms with Crippen LogP contribution in [0.1, 0.15) is 19.3 Å². The molecular formula is C21H22Cl2N3O2+. The molecule has 0 bridgehead atoms. The smallest absolute Gasteiger partial charge is 0.158 e. The van der Waals surface area contributed by atoms with Crippen LogP contribution in [0, 0.1) is 0 Å². The van der Waals surface area contributed by atoms with Gasteiger partial charge in [-0.2, -0.15) is 0 Å². The number of benzene rings is 2. The Kier molecular flexibility index (Phi) is 5.69. The van der Waals surface area contributed by atoms with Crippen molar-refractivity contribution in [2.24, 2.45) is 0 Å². The molecule has 28 heavy (non-hydrogen) atoms. The van der Waals surface area contributed by atoms with E-state index < -0.39 is 6.10 Å². The molecule has 0 unspecified atom stereocenters. The molecule has 0 aliphatic carbocycles. The molecule has 2 heterocycles. The molecule has 0 spiro atoms. The molecule has 2 aromatic carbocycles. The summed E-state index contributed by atoms with van der Waals surface area (Å²) in [6.07, 6.45) is 3.42. The maximum Gasteiger partial charge on any atom is 0.158 e. The minimum absolute atomic E-state index is 0.0415. The van der Waals surface area contributed by atoms with E-state index in [0.717, 1.165) is 41.5 Å². The van der Waals surface area contributed by atoms with E-state index in [0.29, 0.717) is 16.5 Å². The van der Waals surface area contributed by atoms with Crippen molar-refractivity contribution in [2.75, 3.05) is 6.54 Å². The zero-order valence-corrected chi connectivity index (χ0v) is 16.8. The number of Topliss-reactive ketones (excluding diaryl/α,β-unsaturated/α-hetero) is 1. The summed E-state index contributed by atoms with van der Waals surface area (Å²) in [6, 6.07) is 11.3. The second-order valence-corrected chi connectivity index (χ2v) is 8.25. The predicted molar refractivity (Wildman–Crippen MR) is 111 cm³/mol. The van der Waals surface area contributed by atoms with Gasteiger partial charge in [0.25, 0.3) is 0 Å². The van der Waals surface area contributed by atoms with Gasteiger partial charge in [-0.15, -0.1) is 0 Å². The molecule has 4 rings (SSSR count). The summed E-state index contributed by atoms with van der Waals surface area (Å²) in [6.45, 7) is 1.21. The van der Waals surface area contributed by atoms with Gasteiger partial charge in [0.05, 0.1) is 36.9 Å². The van der Waals surface area contributed by atoms with Gasteiger partial charge >= 0.3 is 0 Å². The number of carbonyl (C=O) groups is 1. The first-order chi connectivity index (χ1) is 13.5. The number of nitrogens with two attached hydrogens (primary N) is 1. The van der Waals surface area contributed by atoms with Gasteiger partial charge in [-0.25, -0.2) is 4.98 Å². The standard InChI is InChI=1S/C21H21Cl2N3O2/c22-15-6-14(7-16(23)9-15)13-3-4-18-20(8-13)26(12-25-18)11-17(27)10-19-21(28)2-1-5-24-19/h3-4,6-9,12,19,21,24,28H,1-2,5,10-11H2/p+1/t19-,21+/m1/s1. The molecule has 1 aliphatic heterocycles. The molecule has 1 fully saturated rings. The number of hydrogen-bond donors (Lipinski definition) is 2. The maximum absolute atomic E-state index is 12.6. The van der Waals surface area contributed by atoms with Crippen LogP contribution in [0.3, 0.4) is 0 Å². The highest BCUT2D eigenvalue weighted by Gasteiger charge is 2.28. The van der Waals surface area contributed by atoms with E-state index in [2.05, 4.69) is 10.3 Å². The van der Waals surface area contributed by atoms with Crippen molar-refractivity contribution in [3.05, 3.63) is 52.8 Å². The van der Waals surface area contributed by atoms with Gasteiger partial charge in [0.2, 0.25) is 0 Å². The Labute approximate surface area is 173 Å². The van der Waals surface area contributed by atoms with E-state index in [1.165, 1.54) is 0 Å². The molecule has 7 heteroatoms. The second kappa shape index (κ2) is 8.21. The molecule has 1 saturated heterocycles. The number of fused-ring (bicyclic) bond motifs is 1. The molecule has 1 aliphatic rings. The van der Waals surface area contributed by atoms with Gasteiger partial charge in [0, 0.05) is 10.0 Å². The zero-order chi connectivity index (χ0) is 19.7. The van der Waals surface area contributed by atoms with E-state index in [1.54, 1.807) is 12.4 Å². The summed E-state index contributed by atoms with van der Waals surface area (Å²) < 4.78 is 1.86. The molecule has 1 aromatic heterocycles. The van der Waals surface area contributed by atoms with Gasteiger partial charge in [-0.3, -0.25) is 4.79 Å². The van der Waals surface area contributed by atoms with Crippen LogP contribution in [0.5, 0.6) is 0 Å². The van der Waals surface area contributed by atoms with Gasteiger partial charge in [-0.05, 0) is 54.3 Å². The van der Waals surface area contributed by atoms with Crippen LogP contribution in [0.25, 0.3) is 22.2 Å². The third kappa shape index (κ3) is 4.23. The van der Waals surface area contributed by atoms with Crippen LogP contribution in [0.2, 0.25) is 10.0 Å². The molecule has 3 aromatic rings. The fourth-order valence-electron chi connectivity index (χ4n) is 3.85. The highest BCUT2D eigenvalue weighted by atomic mass is 35.5. The van der Waals surface area contributed by atoms with Crippen LogP contribution in [-0.2, 0) is 11.3 Å². The number of ketones is 1. The van der Waals surface area contributed by atoms with Crippen molar-refractivity contribution in [3.8, 4) is 11.1 Å². The summed E-state index contributed by atoms with van der Waals surface area (Å²) in [5.41, 5.74) is 3.59. The van der Waals surface area contributed by atoms with Crippen molar-refractivity contribution < 1.29 is 15.2 Å². The highest BCUT2D eigenvalue weighted by molar-refractivity contribution is 6.35. The van der Waals surface area contributed by atoms with Gasteiger partial charge in [0.15, 0.2) is 5.78 Å². The SMILES string of the molecule is O=C(C[C@H]1[NH2+]CCC[C@@H]1O)Cn1cnc2ccc(-c3cc(Cl)cc(Cl)c3)cc21. The fraction of sp³-hybridized carbons (Fsp3) is 0.333. The van der Waals surface area contributed by atoms with Gasteiger partial charge in [0.1, 0.15) is 12.1 Å². The van der Waals surface area contributed by atoms with Crippen LogP contribution < -0.4 is 5.32 Å². The first-order valence-corrected chi connectivity index (χ1v) is 10.2. The highest BCUT2D eigenvalue weighted by Crippen LogP contribution is 2.29. The summed E-state index contributed by atoms with van der Waals surface area (Å²) in [5, 5.41) is 13.3. The largest absolute Gasteiger partial charge is 0.387 e. The monoisotopic (exact) mass is 418 g/mol. The lowest BCUT2D eigenvalue weighted by atomic mass is 9.97. The van der Waals surface area contributed by atoms with E-state index in [4.69, 9.17) is 23.2 Å². The van der Waals surface area contributed by atoms with Crippen LogP contribution in [-0.4, -0.2) is 39.1 Å². The fourth-order valence-corrected chi connectivity index (χ4v) is 4.38. The summed E-state index contributed by atoms with van der Waals surface area (Å²) in [5.74, 6) is 0.0951. The Bertz CT molecular complexity index is 998. The normalized spacial score (nSPS) is 19.8. The van der Waals surface area contributed by atoms with Crippen molar-refractivity contribution in [1.29, 1.82) is 0 Å². The number of rotatable bonds is 5. The molecular weight excluding hydrogens is 397 g/mol. The van der Waals surface area contributed by atoms with Crippen molar-refractivity contribution in [2.45, 2.75) is 38.0 Å². The number of aliphatic hydroxyl groups excluding tert-OH is 1. The topological polar surface area (TPSA) is 71.7 Å². The van der Waals surface area contributed by atoms with Crippen LogP contribution >= 0.6 is 23.2 Å². The lowest BCUT2D eigenvalue weighted by Gasteiger charge is -2.25. The van der Waals surface area contributed by atoms with Gasteiger partial charge < -0.3 is 15.0 Å². The third-order valence-electron chi connectivity index (χ3n) is 5.29. The minimum atomic E-state index is -0.406. The van der Waals surface area contributed by atoms with E-state index >= 15 is 0 Å². The van der Waals surface area contributed by atoms with Crippen molar-refractivity contribution >= 4 is 40.0 Å². The second-order valence-electron chi connectivity index (χ2n) is 7.37. The number of hydrogen-bond acceptors (Lipinski definition) is 3. The number of halogens is 2. The van der Waals surface area contributed by atoms with Crippen molar-refractivity contribution in [1.82, 2.24) is 9.55 Å². The van der Waals surface area contributed by atoms with E-state index in [9.17, 15) is 9.90 Å². The van der Waals surface area contributed by atoms with E-state index in [-0.39, 0.29) is 18.4 Å². The first-order valence-electron chi connectivity index (χ1n) is 9.44. The lowest BCUT2D eigenvalue weighted by Crippen LogP contribution is -2.94. The molecule has 0 saturated carbocycles. The Morgan fingerprint density at radius 2 is 1.96 bits per heavy atom. The third-order valence-corrected chi connectivity index (χ3v) is 5.73. The Hall–Kier alpha value is -1.92. The summed E-state index contributed by atoms with van der Waals surface area (Å²) in [4.78, 5) is 17.0. The summed E-state index contributed by atoms with van der Waals surface area (Å²) >= 11 is 12.3. The number of nitrogens with zero attached hydrogens (tertiary/aromatic N) is 2. The number of quaternary nitrogens is 1.